The lowest BCUT2D eigenvalue weighted by atomic mass is 10.0. The summed E-state index contributed by atoms with van der Waals surface area (Å²) < 4.78 is 0. The van der Waals surface area contributed by atoms with Gasteiger partial charge in [-0.1, -0.05) is 6.92 Å². The quantitative estimate of drug-likeness (QED) is 0.743. The van der Waals surface area contributed by atoms with E-state index in [-0.39, 0.29) is 16.9 Å². The summed E-state index contributed by atoms with van der Waals surface area (Å²) >= 11 is 0. The van der Waals surface area contributed by atoms with Crippen LogP contribution in [0.3, 0.4) is 0 Å². The molecule has 0 spiro atoms. The molecule has 0 heterocycles. The van der Waals surface area contributed by atoms with Crippen LogP contribution in [0.5, 0.6) is 5.75 Å². The minimum absolute atomic E-state index is 0.0618. The van der Waals surface area contributed by atoms with Crippen LogP contribution in [-0.2, 0) is 6.42 Å². The van der Waals surface area contributed by atoms with Crippen LogP contribution in [0.2, 0.25) is 0 Å². The zero-order valence-corrected chi connectivity index (χ0v) is 8.57. The summed E-state index contributed by atoms with van der Waals surface area (Å²) in [6.07, 6.45) is 0.612. The summed E-state index contributed by atoms with van der Waals surface area (Å²) in [4.78, 5) is 21.9. The third kappa shape index (κ3) is 2.15. The van der Waals surface area contributed by atoms with E-state index in [0.29, 0.717) is 6.42 Å². The van der Waals surface area contributed by atoms with Crippen molar-refractivity contribution in [2.75, 3.05) is 0 Å². The zero-order chi connectivity index (χ0) is 11.6. The molecule has 1 rings (SSSR count). The molecule has 0 atom stereocenters. The van der Waals surface area contributed by atoms with Gasteiger partial charge in [0, 0.05) is 0 Å². The molecule has 15 heavy (non-hydrogen) atoms. The van der Waals surface area contributed by atoms with Crippen molar-refractivity contribution < 1.29 is 19.8 Å². The molecule has 4 nitrogen and oxygen atoms in total. The third-order valence-electron chi connectivity index (χ3n) is 2.19. The molecule has 0 aliphatic rings. The summed E-state index contributed by atoms with van der Waals surface area (Å²) in [5, 5.41) is 18.4. The van der Waals surface area contributed by atoms with E-state index in [1.54, 1.807) is 0 Å². The highest BCUT2D eigenvalue weighted by atomic mass is 16.4. The number of phenols is 1. The van der Waals surface area contributed by atoms with E-state index in [1.165, 1.54) is 19.1 Å². The van der Waals surface area contributed by atoms with Crippen LogP contribution >= 0.6 is 0 Å². The van der Waals surface area contributed by atoms with Crippen LogP contribution in [0.1, 0.15) is 40.1 Å². The van der Waals surface area contributed by atoms with Gasteiger partial charge in [0.05, 0.1) is 5.56 Å². The van der Waals surface area contributed by atoms with Crippen LogP contribution in [0.25, 0.3) is 0 Å². The van der Waals surface area contributed by atoms with Gasteiger partial charge in [-0.25, -0.2) is 4.79 Å². The molecule has 0 bridgehead atoms. The van der Waals surface area contributed by atoms with E-state index < -0.39 is 11.7 Å². The molecular formula is C11H12O4. The van der Waals surface area contributed by atoms with Gasteiger partial charge in [0.2, 0.25) is 0 Å². The Balaban J connectivity index is 3.47. The van der Waals surface area contributed by atoms with Gasteiger partial charge in [0.25, 0.3) is 0 Å². The predicted octanol–water partition coefficient (Wildman–Crippen LogP) is 1.86. The second-order valence-corrected chi connectivity index (χ2v) is 3.25. The molecule has 80 valence electrons. The fourth-order valence-electron chi connectivity index (χ4n) is 1.33. The number of carboxylic acids is 1. The summed E-state index contributed by atoms with van der Waals surface area (Å²) in [5.41, 5.74) is 0.557. The van der Waals surface area contributed by atoms with Crippen LogP contribution < -0.4 is 0 Å². The van der Waals surface area contributed by atoms with Crippen molar-refractivity contribution in [3.05, 3.63) is 28.8 Å². The van der Waals surface area contributed by atoms with Gasteiger partial charge in [0.15, 0.2) is 5.78 Å². The van der Waals surface area contributed by atoms with E-state index in [1.807, 2.05) is 6.92 Å². The molecule has 0 saturated carbocycles. The van der Waals surface area contributed by atoms with Gasteiger partial charge >= 0.3 is 5.97 Å². The van der Waals surface area contributed by atoms with Crippen molar-refractivity contribution in [1.29, 1.82) is 0 Å². The number of carbonyl (C=O) groups is 2. The van der Waals surface area contributed by atoms with Crippen molar-refractivity contribution in [1.82, 2.24) is 0 Å². The van der Waals surface area contributed by atoms with E-state index in [4.69, 9.17) is 5.11 Å². The molecule has 0 aromatic heterocycles. The first-order valence-corrected chi connectivity index (χ1v) is 4.57. The Kier molecular flexibility index (Phi) is 3.09. The summed E-state index contributed by atoms with van der Waals surface area (Å²) in [5.74, 6) is -2.03. The highest BCUT2D eigenvalue weighted by Crippen LogP contribution is 2.25. The summed E-state index contributed by atoms with van der Waals surface area (Å²) in [6, 6.07) is 2.90. The second kappa shape index (κ2) is 4.13. The zero-order valence-electron chi connectivity index (χ0n) is 8.57. The van der Waals surface area contributed by atoms with E-state index in [2.05, 4.69) is 0 Å². The van der Waals surface area contributed by atoms with Gasteiger partial charge in [-0.15, -0.1) is 0 Å². The standard InChI is InChI=1S/C11H12O4/c1-3-7-4-8(6(2)12)10(13)9(5-7)11(14)15/h4-5,13H,3H2,1-2H3,(H,14,15). The van der Waals surface area contributed by atoms with Crippen molar-refractivity contribution in [2.45, 2.75) is 20.3 Å². The lowest BCUT2D eigenvalue weighted by Crippen LogP contribution is -2.03. The molecule has 0 amide bonds. The lowest BCUT2D eigenvalue weighted by molar-refractivity contribution is 0.0693. The molecule has 0 aliphatic heterocycles. The molecule has 1 aromatic rings. The first-order chi connectivity index (χ1) is 6.97. The SMILES string of the molecule is CCc1cc(C(C)=O)c(O)c(C(=O)O)c1. The predicted molar refractivity (Wildman–Crippen MR) is 54.4 cm³/mol. The Morgan fingerprint density at radius 2 is 1.80 bits per heavy atom. The maximum Gasteiger partial charge on any atom is 0.339 e. The van der Waals surface area contributed by atoms with Crippen LogP contribution in [-0.4, -0.2) is 22.0 Å². The Labute approximate surface area is 87.2 Å². The lowest BCUT2D eigenvalue weighted by Gasteiger charge is -2.07. The monoisotopic (exact) mass is 208 g/mol. The summed E-state index contributed by atoms with van der Waals surface area (Å²) in [6.45, 7) is 3.14. The van der Waals surface area contributed by atoms with Crippen LogP contribution in [0, 0.1) is 0 Å². The Morgan fingerprint density at radius 1 is 1.27 bits per heavy atom. The first-order valence-electron chi connectivity index (χ1n) is 4.57. The minimum Gasteiger partial charge on any atom is -0.506 e. The van der Waals surface area contributed by atoms with Gasteiger partial charge in [-0.2, -0.15) is 0 Å². The Bertz CT molecular complexity index is 386. The summed E-state index contributed by atoms with van der Waals surface area (Å²) in [7, 11) is 0. The van der Waals surface area contributed by atoms with Crippen molar-refractivity contribution in [2.24, 2.45) is 0 Å². The number of aromatic carboxylic acids is 1. The number of aryl methyl sites for hydroxylation is 1. The van der Waals surface area contributed by atoms with Crippen molar-refractivity contribution >= 4 is 11.8 Å². The van der Waals surface area contributed by atoms with Gasteiger partial charge in [-0.3, -0.25) is 4.79 Å². The molecule has 0 radical (unpaired) electrons. The second-order valence-electron chi connectivity index (χ2n) is 3.25. The minimum atomic E-state index is -1.23. The average molecular weight is 208 g/mol. The first kappa shape index (κ1) is 11.2. The molecule has 0 aliphatic carbocycles. The number of hydrogen-bond donors (Lipinski definition) is 2. The molecule has 2 N–H and O–H groups in total. The Morgan fingerprint density at radius 3 is 2.20 bits per heavy atom. The highest BCUT2D eigenvalue weighted by Gasteiger charge is 2.17. The normalized spacial score (nSPS) is 10.0. The number of ketones is 1. The molecular weight excluding hydrogens is 196 g/mol. The maximum atomic E-state index is 11.2. The molecule has 0 fully saturated rings. The molecule has 0 saturated heterocycles. The number of aromatic hydroxyl groups is 1. The van der Waals surface area contributed by atoms with Crippen LogP contribution in [0.4, 0.5) is 0 Å². The number of Topliss-reactive ketones (excluding diaryl/α,β-unsaturated/α-hetero) is 1. The number of benzene rings is 1. The van der Waals surface area contributed by atoms with E-state index >= 15 is 0 Å². The maximum absolute atomic E-state index is 11.2. The fourth-order valence-corrected chi connectivity index (χ4v) is 1.33. The van der Waals surface area contributed by atoms with E-state index in [0.717, 1.165) is 5.56 Å². The number of hydrogen-bond acceptors (Lipinski definition) is 3. The van der Waals surface area contributed by atoms with E-state index in [9.17, 15) is 14.7 Å². The smallest absolute Gasteiger partial charge is 0.339 e. The van der Waals surface area contributed by atoms with Crippen molar-refractivity contribution in [3.8, 4) is 5.75 Å². The van der Waals surface area contributed by atoms with Crippen LogP contribution in [0.15, 0.2) is 12.1 Å². The number of carbonyl (C=O) groups excluding carboxylic acids is 1. The Hall–Kier alpha value is -1.84. The number of rotatable bonds is 3. The third-order valence-corrected chi connectivity index (χ3v) is 2.19. The molecule has 1 aromatic carbocycles. The number of carboxylic acid groups (broad SMARTS) is 1. The largest absolute Gasteiger partial charge is 0.506 e. The topological polar surface area (TPSA) is 74.6 Å². The van der Waals surface area contributed by atoms with Gasteiger partial charge in [-0.05, 0) is 31.0 Å². The molecule has 0 unspecified atom stereocenters. The van der Waals surface area contributed by atoms with Crippen molar-refractivity contribution in [3.63, 3.8) is 0 Å². The fraction of sp³-hybridized carbons (Fsp3) is 0.273. The van der Waals surface area contributed by atoms with Gasteiger partial charge < -0.3 is 10.2 Å². The van der Waals surface area contributed by atoms with Gasteiger partial charge in [0.1, 0.15) is 11.3 Å². The molecule has 4 heteroatoms. The average Bonchev–Trinajstić information content (AvgIpc) is 2.17. The highest BCUT2D eigenvalue weighted by molar-refractivity contribution is 6.02.